The molecule has 37 heavy (non-hydrogen) atoms. The lowest BCUT2D eigenvalue weighted by Crippen LogP contribution is -2.39. The van der Waals surface area contributed by atoms with Gasteiger partial charge in [-0.15, -0.1) is 11.3 Å². The lowest BCUT2D eigenvalue weighted by molar-refractivity contribution is -0.649. The van der Waals surface area contributed by atoms with Gasteiger partial charge >= 0.3 is 0 Å². The molecule has 0 saturated carbocycles. The van der Waals surface area contributed by atoms with Crippen LogP contribution in [0.5, 0.6) is 0 Å². The molecule has 0 atom stereocenters. The molecule has 0 N–H and O–H groups in total. The zero-order chi connectivity index (χ0) is 26.4. The second kappa shape index (κ2) is 10.3. The average Bonchev–Trinajstić information content (AvgIpc) is 3.52. The molecule has 0 aliphatic carbocycles. The van der Waals surface area contributed by atoms with Crippen LogP contribution in [0.2, 0.25) is 5.02 Å². The molecule has 5 rings (SSSR count). The van der Waals surface area contributed by atoms with E-state index in [9.17, 15) is 25.9 Å². The fraction of sp³-hybridized carbons (Fsp3) is 0.174. The highest BCUT2D eigenvalue weighted by Gasteiger charge is 2.29. The molecule has 8 nitrogen and oxygen atoms in total. The highest BCUT2D eigenvalue weighted by atomic mass is 35.5. The Kier molecular flexibility index (Phi) is 7.41. The first-order chi connectivity index (χ1) is 17.5. The number of hydrogen-bond acceptors (Lipinski definition) is 10. The van der Waals surface area contributed by atoms with Crippen LogP contribution < -0.4 is 9.47 Å². The largest absolute Gasteiger partial charge is 0.748 e. The third kappa shape index (κ3) is 6.20. The fourth-order valence-electron chi connectivity index (χ4n) is 4.01. The lowest BCUT2D eigenvalue weighted by atomic mass is 10.2. The predicted molar refractivity (Wildman–Crippen MR) is 147 cm³/mol. The predicted octanol–water partition coefficient (Wildman–Crippen LogP) is 4.92. The monoisotopic (exact) mass is 613 g/mol. The fourth-order valence-corrected chi connectivity index (χ4v) is 8.32. The number of rotatable bonds is 8. The van der Waals surface area contributed by atoms with Gasteiger partial charge in [0, 0.05) is 33.2 Å². The Morgan fingerprint density at radius 3 is 2.54 bits per heavy atom. The van der Waals surface area contributed by atoms with Crippen LogP contribution in [0.25, 0.3) is 26.7 Å². The van der Waals surface area contributed by atoms with Gasteiger partial charge < -0.3 is 14.0 Å². The van der Waals surface area contributed by atoms with Gasteiger partial charge in [-0.3, -0.25) is 0 Å². The van der Waals surface area contributed by atoms with E-state index in [-0.39, 0.29) is 13.0 Å². The first-order valence-electron chi connectivity index (χ1n) is 10.8. The summed E-state index contributed by atoms with van der Waals surface area (Å²) < 4.78 is 71.4. The van der Waals surface area contributed by atoms with Gasteiger partial charge in [0.15, 0.2) is 10.1 Å². The highest BCUT2D eigenvalue weighted by molar-refractivity contribution is 8.04. The van der Waals surface area contributed by atoms with Crippen LogP contribution in [-0.2, 0) is 26.1 Å². The maximum absolute atomic E-state index is 11.9. The van der Waals surface area contributed by atoms with Gasteiger partial charge in [-0.25, -0.2) is 16.8 Å². The molecule has 2 aromatic heterocycles. The van der Waals surface area contributed by atoms with Crippen molar-refractivity contribution in [1.82, 2.24) is 0 Å². The molecule has 0 amide bonds. The highest BCUT2D eigenvalue weighted by Crippen LogP contribution is 2.48. The van der Waals surface area contributed by atoms with Crippen molar-refractivity contribution in [2.75, 3.05) is 17.2 Å². The third-order valence-corrected chi connectivity index (χ3v) is 10.3. The van der Waals surface area contributed by atoms with Gasteiger partial charge in [0.2, 0.25) is 11.4 Å². The molecule has 0 bridgehead atoms. The second-order valence-electron chi connectivity index (χ2n) is 8.18. The van der Waals surface area contributed by atoms with E-state index >= 15 is 0 Å². The van der Waals surface area contributed by atoms with Crippen LogP contribution >= 0.6 is 46.0 Å². The first kappa shape index (κ1) is 26.6. The quantitative estimate of drug-likeness (QED) is 0.203. The standard InChI is InChI=1S/C23H19ClN2O6S5/c24-16-5-7-21-18(12-16)25(8-2-10-36(27,28)29)22(34-21)13-23-26(14-37(30,31)32)17-11-15(4-6-20(17)35-23)19-3-1-9-33-19/h1,3-7,9,11-13H,2,8,10,14H2,(H-,27,28,29,30,31,32)/p-1. The maximum Gasteiger partial charge on any atom is 0.266 e. The third-order valence-electron chi connectivity index (χ3n) is 5.54. The summed E-state index contributed by atoms with van der Waals surface area (Å²) in [5, 5.41) is 3.69. The van der Waals surface area contributed by atoms with Crippen LogP contribution in [0.15, 0.2) is 63.8 Å². The number of thiazole rings is 1. The molecule has 2 aromatic carbocycles. The number of thiophene rings is 1. The summed E-state index contributed by atoms with van der Waals surface area (Å²) in [7, 11) is -8.99. The van der Waals surface area contributed by atoms with E-state index in [0.717, 1.165) is 25.7 Å². The Labute approximate surface area is 231 Å². The molecular formula is C23H18ClN2O6S5-. The summed E-state index contributed by atoms with van der Waals surface area (Å²) in [6, 6.07) is 15.0. The number of nitrogens with zero attached hydrogens (tertiary/aromatic N) is 2. The zero-order valence-electron chi connectivity index (χ0n) is 18.9. The molecule has 1 aliphatic rings. The van der Waals surface area contributed by atoms with Gasteiger partial charge in [-0.2, -0.15) is 4.57 Å². The van der Waals surface area contributed by atoms with Crippen molar-refractivity contribution in [1.29, 1.82) is 0 Å². The zero-order valence-corrected chi connectivity index (χ0v) is 23.7. The van der Waals surface area contributed by atoms with Crippen molar-refractivity contribution in [3.63, 3.8) is 0 Å². The van der Waals surface area contributed by atoms with Gasteiger partial charge in [-0.1, -0.05) is 46.8 Å². The Hall–Kier alpha value is -1.97. The van der Waals surface area contributed by atoms with Gasteiger partial charge in [0.25, 0.3) is 5.01 Å². The number of benzene rings is 2. The Morgan fingerprint density at radius 1 is 1.03 bits per heavy atom. The van der Waals surface area contributed by atoms with E-state index < -0.39 is 31.9 Å². The average molecular weight is 614 g/mol. The molecule has 3 heterocycles. The van der Waals surface area contributed by atoms with Crippen molar-refractivity contribution in [2.24, 2.45) is 0 Å². The molecule has 0 fully saturated rings. The van der Waals surface area contributed by atoms with Gasteiger partial charge in [-0.05, 0) is 47.7 Å². The van der Waals surface area contributed by atoms with Crippen LogP contribution in [-0.4, -0.2) is 38.2 Å². The van der Waals surface area contributed by atoms with Crippen molar-refractivity contribution >= 4 is 88.3 Å². The summed E-state index contributed by atoms with van der Waals surface area (Å²) in [6.07, 6.45) is 1.88. The van der Waals surface area contributed by atoms with E-state index in [1.807, 2.05) is 46.7 Å². The number of aromatic nitrogens is 1. The SMILES string of the molecule is O=S(=O)([O-])CCCN1C(=Cc2sc3ccc(-c4cccs4)cc3[n+]2CS(=O)(=O)[O-])Sc2ccc(Cl)cc21. The summed E-state index contributed by atoms with van der Waals surface area (Å²) in [6.45, 7) is 0.237. The smallest absolute Gasteiger partial charge is 0.266 e. The summed E-state index contributed by atoms with van der Waals surface area (Å²) in [4.78, 5) is 3.75. The van der Waals surface area contributed by atoms with Crippen LogP contribution in [0.4, 0.5) is 5.69 Å². The molecule has 14 heteroatoms. The topological polar surface area (TPSA) is 122 Å². The van der Waals surface area contributed by atoms with Crippen LogP contribution in [0.3, 0.4) is 0 Å². The lowest BCUT2D eigenvalue weighted by Gasteiger charge is -2.20. The molecule has 194 valence electrons. The van der Waals surface area contributed by atoms with E-state index in [2.05, 4.69) is 0 Å². The minimum absolute atomic E-state index is 0.0984. The van der Waals surface area contributed by atoms with E-state index in [1.54, 1.807) is 29.5 Å². The van der Waals surface area contributed by atoms with Crippen LogP contribution in [0, 0.1) is 0 Å². The Bertz CT molecular complexity index is 1730. The minimum atomic E-state index is -4.61. The number of fused-ring (bicyclic) bond motifs is 2. The number of hydrogen-bond donors (Lipinski definition) is 0. The first-order valence-corrected chi connectivity index (χ1v) is 16.9. The molecule has 0 radical (unpaired) electrons. The molecule has 1 aliphatic heterocycles. The number of halogens is 1. The number of anilines is 1. The van der Waals surface area contributed by atoms with E-state index in [0.29, 0.717) is 20.6 Å². The summed E-state index contributed by atoms with van der Waals surface area (Å²) in [5.74, 6) is -1.25. The minimum Gasteiger partial charge on any atom is -0.748 e. The molecule has 4 aromatic rings. The van der Waals surface area contributed by atoms with E-state index in [1.165, 1.54) is 27.7 Å². The molecule has 0 spiro atoms. The van der Waals surface area contributed by atoms with Crippen molar-refractivity contribution in [3.05, 3.63) is 69.0 Å². The molecule has 0 saturated heterocycles. The van der Waals surface area contributed by atoms with Crippen molar-refractivity contribution in [2.45, 2.75) is 17.2 Å². The van der Waals surface area contributed by atoms with Crippen molar-refractivity contribution < 1.29 is 30.5 Å². The second-order valence-corrected chi connectivity index (χ2v) is 14.6. The van der Waals surface area contributed by atoms with Crippen molar-refractivity contribution in [3.8, 4) is 10.4 Å². The summed E-state index contributed by atoms with van der Waals surface area (Å²) >= 11 is 10.5. The Morgan fingerprint density at radius 2 is 1.84 bits per heavy atom. The Balaban J connectivity index is 1.60. The van der Waals surface area contributed by atoms with Crippen LogP contribution in [0.1, 0.15) is 11.4 Å². The normalized spacial score (nSPS) is 15.1. The summed E-state index contributed by atoms with van der Waals surface area (Å²) in [5.41, 5.74) is 2.29. The number of thioether (sulfide) groups is 1. The van der Waals surface area contributed by atoms with Gasteiger partial charge in [0.05, 0.1) is 26.9 Å². The molecular weight excluding hydrogens is 596 g/mol. The molecule has 0 unspecified atom stereocenters. The van der Waals surface area contributed by atoms with Gasteiger partial charge in [0.1, 0.15) is 4.70 Å². The van der Waals surface area contributed by atoms with E-state index in [4.69, 9.17) is 11.6 Å². The maximum atomic E-state index is 11.9.